The molecule has 144 valence electrons. The summed E-state index contributed by atoms with van der Waals surface area (Å²) in [5.74, 6) is 1.60. The highest BCUT2D eigenvalue weighted by atomic mass is 16.5. The van der Waals surface area contributed by atoms with Crippen LogP contribution in [0.2, 0.25) is 0 Å². The second kappa shape index (κ2) is 6.81. The SMILES string of the molecule is Cc1ccc(C2(c3ccc(Oc4ncc(-c5nnc(C)o5)cn4)cc3)CC2)cc1. The van der Waals surface area contributed by atoms with Crippen molar-refractivity contribution in [2.75, 3.05) is 0 Å². The van der Waals surface area contributed by atoms with Crippen molar-refractivity contribution in [2.45, 2.75) is 32.1 Å². The van der Waals surface area contributed by atoms with Crippen molar-refractivity contribution in [2.24, 2.45) is 0 Å². The number of aryl methyl sites for hydroxylation is 2. The second-order valence-electron chi connectivity index (χ2n) is 7.46. The fourth-order valence-electron chi connectivity index (χ4n) is 3.58. The normalized spacial score (nSPS) is 14.6. The third-order valence-electron chi connectivity index (χ3n) is 5.37. The van der Waals surface area contributed by atoms with E-state index in [0.29, 0.717) is 23.1 Å². The smallest absolute Gasteiger partial charge is 0.321 e. The molecule has 0 amide bonds. The van der Waals surface area contributed by atoms with E-state index >= 15 is 0 Å². The second-order valence-corrected chi connectivity index (χ2v) is 7.46. The molecule has 2 aromatic heterocycles. The van der Waals surface area contributed by atoms with Gasteiger partial charge in [0.05, 0.1) is 5.56 Å². The predicted octanol–water partition coefficient (Wildman–Crippen LogP) is 5.02. The minimum Gasteiger partial charge on any atom is -0.424 e. The van der Waals surface area contributed by atoms with Gasteiger partial charge in [-0.15, -0.1) is 10.2 Å². The molecule has 2 aromatic carbocycles. The maximum atomic E-state index is 5.80. The van der Waals surface area contributed by atoms with Crippen molar-refractivity contribution in [3.8, 4) is 23.2 Å². The minimum absolute atomic E-state index is 0.145. The molecule has 0 bridgehead atoms. The molecule has 0 saturated heterocycles. The zero-order chi connectivity index (χ0) is 19.8. The maximum Gasteiger partial charge on any atom is 0.321 e. The number of hydrogen-bond donors (Lipinski definition) is 0. The fraction of sp³-hybridized carbons (Fsp3) is 0.217. The molecule has 0 unspecified atom stereocenters. The summed E-state index contributed by atoms with van der Waals surface area (Å²) in [4.78, 5) is 8.48. The van der Waals surface area contributed by atoms with E-state index in [0.717, 1.165) is 0 Å². The molecule has 0 N–H and O–H groups in total. The number of rotatable bonds is 5. The van der Waals surface area contributed by atoms with E-state index in [1.807, 2.05) is 12.1 Å². The summed E-state index contributed by atoms with van der Waals surface area (Å²) in [6.45, 7) is 3.86. The Morgan fingerprint density at radius 3 is 2.00 bits per heavy atom. The molecule has 1 aliphatic rings. The van der Waals surface area contributed by atoms with Gasteiger partial charge in [0.25, 0.3) is 5.89 Å². The topological polar surface area (TPSA) is 73.9 Å². The molecule has 0 atom stereocenters. The molecule has 6 nitrogen and oxygen atoms in total. The lowest BCUT2D eigenvalue weighted by atomic mass is 9.88. The summed E-state index contributed by atoms with van der Waals surface area (Å²) in [6, 6.07) is 17.4. The molecule has 0 radical (unpaired) electrons. The zero-order valence-electron chi connectivity index (χ0n) is 16.3. The first-order valence-electron chi connectivity index (χ1n) is 9.60. The predicted molar refractivity (Wildman–Crippen MR) is 108 cm³/mol. The van der Waals surface area contributed by atoms with Crippen molar-refractivity contribution >= 4 is 0 Å². The first-order chi connectivity index (χ1) is 14.1. The molecule has 0 aliphatic heterocycles. The van der Waals surface area contributed by atoms with Crippen LogP contribution >= 0.6 is 0 Å². The van der Waals surface area contributed by atoms with Crippen LogP contribution in [-0.4, -0.2) is 20.2 Å². The molecule has 4 aromatic rings. The van der Waals surface area contributed by atoms with Gasteiger partial charge in [-0.25, -0.2) is 9.97 Å². The minimum atomic E-state index is 0.145. The average molecular weight is 384 g/mol. The highest BCUT2D eigenvalue weighted by molar-refractivity contribution is 5.49. The summed E-state index contributed by atoms with van der Waals surface area (Å²) in [7, 11) is 0. The van der Waals surface area contributed by atoms with Gasteiger partial charge in [-0.2, -0.15) is 0 Å². The summed E-state index contributed by atoms with van der Waals surface area (Å²) >= 11 is 0. The van der Waals surface area contributed by atoms with Crippen LogP contribution in [0.5, 0.6) is 11.8 Å². The van der Waals surface area contributed by atoms with Crippen LogP contribution < -0.4 is 4.74 Å². The summed E-state index contributed by atoms with van der Waals surface area (Å²) in [5.41, 5.74) is 4.78. The molecule has 29 heavy (non-hydrogen) atoms. The van der Waals surface area contributed by atoms with Crippen LogP contribution in [0.1, 0.15) is 35.4 Å². The Morgan fingerprint density at radius 2 is 1.45 bits per heavy atom. The van der Waals surface area contributed by atoms with Crippen LogP contribution in [-0.2, 0) is 5.41 Å². The largest absolute Gasteiger partial charge is 0.424 e. The van der Waals surface area contributed by atoms with Crippen molar-refractivity contribution < 1.29 is 9.15 Å². The van der Waals surface area contributed by atoms with Crippen molar-refractivity contribution in [3.63, 3.8) is 0 Å². The molecular weight excluding hydrogens is 364 g/mol. The number of hydrogen-bond acceptors (Lipinski definition) is 6. The number of aromatic nitrogens is 4. The van der Waals surface area contributed by atoms with Crippen LogP contribution in [0.15, 0.2) is 65.3 Å². The van der Waals surface area contributed by atoms with Gasteiger partial charge in [-0.05, 0) is 43.0 Å². The molecule has 1 fully saturated rings. The third-order valence-corrected chi connectivity index (χ3v) is 5.37. The van der Waals surface area contributed by atoms with Crippen LogP contribution in [0.4, 0.5) is 0 Å². The zero-order valence-corrected chi connectivity index (χ0v) is 16.3. The van der Waals surface area contributed by atoms with E-state index in [4.69, 9.17) is 9.15 Å². The maximum absolute atomic E-state index is 5.80. The quantitative estimate of drug-likeness (QED) is 0.481. The summed E-state index contributed by atoms with van der Waals surface area (Å²) in [6.07, 6.45) is 5.58. The van der Waals surface area contributed by atoms with Gasteiger partial charge in [0.15, 0.2) is 0 Å². The molecule has 1 saturated carbocycles. The van der Waals surface area contributed by atoms with Gasteiger partial charge >= 0.3 is 6.01 Å². The lowest BCUT2D eigenvalue weighted by Gasteiger charge is -2.17. The Bertz CT molecular complexity index is 1130. The summed E-state index contributed by atoms with van der Waals surface area (Å²) in [5, 5.41) is 7.77. The lowest BCUT2D eigenvalue weighted by Crippen LogP contribution is -2.08. The molecular formula is C23H20N4O2. The van der Waals surface area contributed by atoms with E-state index in [1.165, 1.54) is 29.5 Å². The van der Waals surface area contributed by atoms with Gasteiger partial charge < -0.3 is 9.15 Å². The Balaban J connectivity index is 1.31. The van der Waals surface area contributed by atoms with E-state index < -0.39 is 0 Å². The Hall–Kier alpha value is -3.54. The van der Waals surface area contributed by atoms with E-state index in [2.05, 4.69) is 63.5 Å². The van der Waals surface area contributed by atoms with Crippen LogP contribution in [0, 0.1) is 13.8 Å². The molecule has 0 spiro atoms. The monoisotopic (exact) mass is 384 g/mol. The van der Waals surface area contributed by atoms with Gasteiger partial charge in [0, 0.05) is 24.7 Å². The van der Waals surface area contributed by atoms with Gasteiger partial charge in [-0.3, -0.25) is 0 Å². The molecule has 1 aliphatic carbocycles. The Kier molecular flexibility index (Phi) is 4.12. The Morgan fingerprint density at radius 1 is 0.828 bits per heavy atom. The van der Waals surface area contributed by atoms with E-state index in [1.54, 1.807) is 19.3 Å². The number of benzene rings is 2. The highest BCUT2D eigenvalue weighted by Crippen LogP contribution is 2.53. The fourth-order valence-corrected chi connectivity index (χ4v) is 3.58. The molecule has 2 heterocycles. The van der Waals surface area contributed by atoms with E-state index in [-0.39, 0.29) is 11.4 Å². The number of ether oxygens (including phenoxy) is 1. The van der Waals surface area contributed by atoms with Gasteiger partial charge in [-0.1, -0.05) is 42.0 Å². The molecule has 5 rings (SSSR count). The van der Waals surface area contributed by atoms with Crippen LogP contribution in [0.3, 0.4) is 0 Å². The molecule has 6 heteroatoms. The highest BCUT2D eigenvalue weighted by Gasteiger charge is 2.45. The number of nitrogens with zero attached hydrogens (tertiary/aromatic N) is 4. The van der Waals surface area contributed by atoms with Crippen molar-refractivity contribution in [1.29, 1.82) is 0 Å². The van der Waals surface area contributed by atoms with Gasteiger partial charge in [0.2, 0.25) is 5.89 Å². The standard InChI is InChI=1S/C23H20N4O2/c1-15-3-5-18(6-4-15)23(11-12-23)19-7-9-20(10-8-19)29-22-24-13-17(14-25-22)21-27-26-16(2)28-21/h3-10,13-14H,11-12H2,1-2H3. The van der Waals surface area contributed by atoms with Crippen LogP contribution in [0.25, 0.3) is 11.5 Å². The van der Waals surface area contributed by atoms with Crippen molar-refractivity contribution in [3.05, 3.63) is 83.5 Å². The van der Waals surface area contributed by atoms with Crippen molar-refractivity contribution in [1.82, 2.24) is 20.2 Å². The first kappa shape index (κ1) is 17.6. The van der Waals surface area contributed by atoms with Gasteiger partial charge in [0.1, 0.15) is 5.75 Å². The third kappa shape index (κ3) is 3.38. The van der Waals surface area contributed by atoms with E-state index in [9.17, 15) is 0 Å². The lowest BCUT2D eigenvalue weighted by molar-refractivity contribution is 0.441. The summed E-state index contributed by atoms with van der Waals surface area (Å²) < 4.78 is 11.2. The average Bonchev–Trinajstić information content (AvgIpc) is 3.44. The Labute approximate surface area is 168 Å². The first-order valence-corrected chi connectivity index (χ1v) is 9.60.